The second kappa shape index (κ2) is 6.77. The minimum absolute atomic E-state index is 0.103. The summed E-state index contributed by atoms with van der Waals surface area (Å²) in [6.07, 6.45) is 1.63. The lowest BCUT2D eigenvalue weighted by molar-refractivity contribution is -0.115. The SMILES string of the molecule is CC(NC(=O)C(=S)Nc1ccccn1)c1ccccc1. The quantitative estimate of drug-likeness (QED) is 0.851. The average molecular weight is 285 g/mol. The molecule has 1 amide bonds. The maximum absolute atomic E-state index is 12.0. The van der Waals surface area contributed by atoms with E-state index in [1.807, 2.05) is 43.3 Å². The van der Waals surface area contributed by atoms with Crippen molar-refractivity contribution in [3.8, 4) is 0 Å². The highest BCUT2D eigenvalue weighted by molar-refractivity contribution is 7.82. The Hall–Kier alpha value is -2.27. The van der Waals surface area contributed by atoms with Crippen molar-refractivity contribution in [2.45, 2.75) is 13.0 Å². The van der Waals surface area contributed by atoms with Crippen molar-refractivity contribution < 1.29 is 4.79 Å². The van der Waals surface area contributed by atoms with Crippen LogP contribution in [0.1, 0.15) is 18.5 Å². The molecular weight excluding hydrogens is 270 g/mol. The molecule has 1 atom stereocenters. The van der Waals surface area contributed by atoms with Crippen molar-refractivity contribution in [2.24, 2.45) is 0 Å². The Morgan fingerprint density at radius 1 is 1.15 bits per heavy atom. The van der Waals surface area contributed by atoms with Gasteiger partial charge in [0.2, 0.25) is 0 Å². The molecule has 5 heteroatoms. The first-order valence-corrected chi connectivity index (χ1v) is 6.65. The van der Waals surface area contributed by atoms with E-state index in [9.17, 15) is 4.79 Å². The van der Waals surface area contributed by atoms with Crippen molar-refractivity contribution in [3.05, 3.63) is 60.3 Å². The molecule has 0 saturated carbocycles. The number of hydrogen-bond acceptors (Lipinski definition) is 3. The number of nitrogens with zero attached hydrogens (tertiary/aromatic N) is 1. The van der Waals surface area contributed by atoms with E-state index < -0.39 is 0 Å². The Kier molecular flexibility index (Phi) is 4.79. The van der Waals surface area contributed by atoms with Crippen LogP contribution >= 0.6 is 12.2 Å². The van der Waals surface area contributed by atoms with Gasteiger partial charge in [0.05, 0.1) is 6.04 Å². The van der Waals surface area contributed by atoms with Crippen LogP contribution in [0.5, 0.6) is 0 Å². The number of aromatic nitrogens is 1. The molecule has 0 aliphatic rings. The van der Waals surface area contributed by atoms with E-state index >= 15 is 0 Å². The number of carbonyl (C=O) groups is 1. The highest BCUT2D eigenvalue weighted by atomic mass is 32.1. The monoisotopic (exact) mass is 285 g/mol. The highest BCUT2D eigenvalue weighted by Gasteiger charge is 2.13. The number of amides is 1. The van der Waals surface area contributed by atoms with Gasteiger partial charge in [-0.3, -0.25) is 4.79 Å². The standard InChI is InChI=1S/C15H15N3OS/c1-11(12-7-3-2-4-8-12)17-14(19)15(20)18-13-9-5-6-10-16-13/h2-11H,1H3,(H,17,19)(H,16,18,20). The summed E-state index contributed by atoms with van der Waals surface area (Å²) in [7, 11) is 0. The minimum atomic E-state index is -0.318. The molecule has 1 unspecified atom stereocenters. The molecule has 4 nitrogen and oxygen atoms in total. The molecule has 2 N–H and O–H groups in total. The first-order chi connectivity index (χ1) is 9.66. The molecule has 0 saturated heterocycles. The third kappa shape index (κ3) is 3.86. The lowest BCUT2D eigenvalue weighted by Gasteiger charge is -2.15. The van der Waals surface area contributed by atoms with Crippen LogP contribution in [-0.2, 0) is 4.79 Å². The molecule has 20 heavy (non-hydrogen) atoms. The lowest BCUT2D eigenvalue weighted by Crippen LogP contribution is -2.35. The lowest BCUT2D eigenvalue weighted by atomic mass is 10.1. The Morgan fingerprint density at radius 2 is 1.85 bits per heavy atom. The number of rotatable bonds is 3. The number of hydrogen-bond donors (Lipinski definition) is 2. The summed E-state index contributed by atoms with van der Waals surface area (Å²) in [5, 5.41) is 5.65. The van der Waals surface area contributed by atoms with Crippen LogP contribution in [0, 0.1) is 0 Å². The summed E-state index contributed by atoms with van der Waals surface area (Å²) in [5.74, 6) is 0.238. The van der Waals surface area contributed by atoms with E-state index in [1.54, 1.807) is 18.3 Å². The maximum Gasteiger partial charge on any atom is 0.279 e. The van der Waals surface area contributed by atoms with Crippen molar-refractivity contribution in [2.75, 3.05) is 5.32 Å². The summed E-state index contributed by atoms with van der Waals surface area (Å²) in [6.45, 7) is 1.91. The van der Waals surface area contributed by atoms with Crippen LogP contribution in [0.2, 0.25) is 0 Å². The van der Waals surface area contributed by atoms with Gasteiger partial charge in [0.15, 0.2) is 4.99 Å². The van der Waals surface area contributed by atoms with Gasteiger partial charge in [0.25, 0.3) is 5.91 Å². The van der Waals surface area contributed by atoms with E-state index in [0.29, 0.717) is 5.82 Å². The molecular formula is C15H15N3OS. The highest BCUT2D eigenvalue weighted by Crippen LogP contribution is 2.11. The summed E-state index contributed by atoms with van der Waals surface area (Å²) in [5.41, 5.74) is 1.03. The van der Waals surface area contributed by atoms with Crippen molar-refractivity contribution >= 4 is 28.9 Å². The molecule has 0 radical (unpaired) electrons. The molecule has 1 aromatic heterocycles. The summed E-state index contributed by atoms with van der Waals surface area (Å²) < 4.78 is 0. The number of pyridine rings is 1. The molecule has 0 fully saturated rings. The van der Waals surface area contributed by atoms with Crippen LogP contribution in [-0.4, -0.2) is 15.9 Å². The van der Waals surface area contributed by atoms with Crippen LogP contribution in [0.3, 0.4) is 0 Å². The fourth-order valence-corrected chi connectivity index (χ4v) is 1.86. The topological polar surface area (TPSA) is 54.0 Å². The fraction of sp³-hybridized carbons (Fsp3) is 0.133. The molecule has 0 aliphatic carbocycles. The van der Waals surface area contributed by atoms with Crippen molar-refractivity contribution in [1.82, 2.24) is 10.3 Å². The maximum atomic E-state index is 12.0. The zero-order valence-corrected chi connectivity index (χ0v) is 11.9. The molecule has 2 rings (SSSR count). The first kappa shape index (κ1) is 14.1. The number of thiocarbonyl (C=S) groups is 1. The number of benzene rings is 1. The van der Waals surface area contributed by atoms with E-state index in [4.69, 9.17) is 12.2 Å². The Bertz CT molecular complexity index is 587. The normalized spacial score (nSPS) is 11.4. The predicted octanol–water partition coefficient (Wildman–Crippen LogP) is 2.70. The van der Waals surface area contributed by atoms with Crippen molar-refractivity contribution in [1.29, 1.82) is 0 Å². The van der Waals surface area contributed by atoms with E-state index in [2.05, 4.69) is 15.6 Å². The van der Waals surface area contributed by atoms with E-state index in [0.717, 1.165) is 5.56 Å². The van der Waals surface area contributed by atoms with Gasteiger partial charge in [-0.2, -0.15) is 0 Å². The molecule has 102 valence electrons. The fourth-order valence-electron chi connectivity index (χ4n) is 1.70. The number of anilines is 1. The molecule has 2 aromatic rings. The van der Waals surface area contributed by atoms with Gasteiger partial charge in [-0.15, -0.1) is 0 Å². The molecule has 0 aliphatic heterocycles. The number of carbonyl (C=O) groups excluding carboxylic acids is 1. The summed E-state index contributed by atoms with van der Waals surface area (Å²) in [4.78, 5) is 16.2. The molecule has 0 bridgehead atoms. The third-order valence-electron chi connectivity index (χ3n) is 2.76. The van der Waals surface area contributed by atoms with Crippen LogP contribution in [0.15, 0.2) is 54.7 Å². The third-order valence-corrected chi connectivity index (χ3v) is 3.05. The smallest absolute Gasteiger partial charge is 0.279 e. The Labute approximate surface area is 123 Å². The van der Waals surface area contributed by atoms with Gasteiger partial charge < -0.3 is 10.6 Å². The summed E-state index contributed by atoms with van der Waals surface area (Å²) in [6, 6.07) is 15.0. The molecule has 1 aromatic carbocycles. The number of nitrogens with one attached hydrogen (secondary N) is 2. The molecule has 1 heterocycles. The van der Waals surface area contributed by atoms with E-state index in [-0.39, 0.29) is 16.9 Å². The minimum Gasteiger partial charge on any atom is -0.343 e. The Balaban J connectivity index is 1.93. The Morgan fingerprint density at radius 3 is 2.50 bits per heavy atom. The predicted molar refractivity (Wildman–Crippen MR) is 83.5 cm³/mol. The second-order valence-corrected chi connectivity index (χ2v) is 4.68. The van der Waals surface area contributed by atoms with Gasteiger partial charge in [0.1, 0.15) is 5.82 Å². The zero-order chi connectivity index (χ0) is 14.4. The van der Waals surface area contributed by atoms with Gasteiger partial charge in [0, 0.05) is 6.20 Å². The van der Waals surface area contributed by atoms with Gasteiger partial charge >= 0.3 is 0 Å². The largest absolute Gasteiger partial charge is 0.343 e. The zero-order valence-electron chi connectivity index (χ0n) is 11.0. The second-order valence-electron chi connectivity index (χ2n) is 4.27. The van der Waals surface area contributed by atoms with Gasteiger partial charge in [-0.25, -0.2) is 4.98 Å². The summed E-state index contributed by atoms with van der Waals surface area (Å²) >= 11 is 5.06. The molecule has 0 spiro atoms. The van der Waals surface area contributed by atoms with Gasteiger partial charge in [-0.05, 0) is 24.6 Å². The van der Waals surface area contributed by atoms with Crippen LogP contribution in [0.25, 0.3) is 0 Å². The van der Waals surface area contributed by atoms with E-state index in [1.165, 1.54) is 0 Å². The first-order valence-electron chi connectivity index (χ1n) is 6.24. The average Bonchev–Trinajstić information content (AvgIpc) is 2.49. The van der Waals surface area contributed by atoms with Gasteiger partial charge in [-0.1, -0.05) is 48.6 Å². The van der Waals surface area contributed by atoms with Crippen LogP contribution in [0.4, 0.5) is 5.82 Å². The van der Waals surface area contributed by atoms with Crippen LogP contribution < -0.4 is 10.6 Å². The van der Waals surface area contributed by atoms with Crippen molar-refractivity contribution in [3.63, 3.8) is 0 Å².